The molecule has 2 saturated heterocycles. The highest BCUT2D eigenvalue weighted by atomic mass is 19.4. The topological polar surface area (TPSA) is 119 Å². The molecule has 3 atom stereocenters. The molecule has 14 heteroatoms. The fraction of sp³-hybridized carbons (Fsp3) is 0.577. The van der Waals surface area contributed by atoms with Gasteiger partial charge in [0.15, 0.2) is 17.4 Å². The minimum absolute atomic E-state index is 0.180. The zero-order valence-electron chi connectivity index (χ0n) is 22.4. The molecule has 1 N–H and O–H groups in total. The van der Waals surface area contributed by atoms with Crippen LogP contribution in [0.25, 0.3) is 0 Å². The number of alkyl halides is 3. The van der Waals surface area contributed by atoms with Crippen LogP contribution in [0.2, 0.25) is 0 Å². The summed E-state index contributed by atoms with van der Waals surface area (Å²) in [5.74, 6) is -2.84. The fourth-order valence-corrected chi connectivity index (χ4v) is 4.98. The summed E-state index contributed by atoms with van der Waals surface area (Å²) in [5, 5.41) is 2.77. The van der Waals surface area contributed by atoms with Gasteiger partial charge < -0.3 is 19.1 Å². The Bertz CT molecular complexity index is 1280. The molecule has 0 aliphatic carbocycles. The van der Waals surface area contributed by atoms with E-state index in [1.54, 1.807) is 12.1 Å². The normalized spacial score (nSPS) is 22.4. The molecule has 2 fully saturated rings. The Labute approximate surface area is 229 Å². The van der Waals surface area contributed by atoms with Crippen LogP contribution in [-0.4, -0.2) is 77.2 Å². The van der Waals surface area contributed by atoms with Gasteiger partial charge in [0, 0.05) is 31.8 Å². The second-order valence-electron chi connectivity index (χ2n) is 10.7. The second-order valence-corrected chi connectivity index (χ2v) is 10.7. The number of carbonyl (C=O) groups is 2. The van der Waals surface area contributed by atoms with Gasteiger partial charge in [-0.3, -0.25) is 15.0 Å². The van der Waals surface area contributed by atoms with Crippen LogP contribution in [-0.2, 0) is 9.47 Å². The number of nitrogens with zero attached hydrogens (tertiary/aromatic N) is 5. The van der Waals surface area contributed by atoms with E-state index in [2.05, 4.69) is 20.3 Å². The van der Waals surface area contributed by atoms with Gasteiger partial charge in [-0.1, -0.05) is 6.92 Å². The number of anilines is 3. The maximum absolute atomic E-state index is 13.6. The Morgan fingerprint density at radius 2 is 2.10 bits per heavy atom. The number of piperidine rings is 1. The quantitative estimate of drug-likeness (QED) is 0.494. The summed E-state index contributed by atoms with van der Waals surface area (Å²) in [6.45, 7) is 6.49. The number of aromatic nitrogens is 3. The highest BCUT2D eigenvalue weighted by Gasteiger charge is 2.41. The number of nitrogens with one attached hydrogen (secondary N) is 1. The van der Waals surface area contributed by atoms with E-state index in [9.17, 15) is 22.8 Å². The van der Waals surface area contributed by atoms with Crippen molar-refractivity contribution in [3.63, 3.8) is 0 Å². The number of ether oxygens (including phenoxy) is 3. The van der Waals surface area contributed by atoms with Crippen molar-refractivity contribution in [1.82, 2.24) is 15.0 Å². The van der Waals surface area contributed by atoms with Crippen LogP contribution in [0.5, 0.6) is 5.75 Å². The Kier molecular flexibility index (Phi) is 7.57. The van der Waals surface area contributed by atoms with E-state index >= 15 is 0 Å². The first-order chi connectivity index (χ1) is 18.9. The summed E-state index contributed by atoms with van der Waals surface area (Å²) in [5.41, 5.74) is 0.540. The van der Waals surface area contributed by atoms with Crippen molar-refractivity contribution in [2.75, 3.05) is 41.4 Å². The SMILES string of the molecule is C[C@@H](CC(=O)c1ncc2c(n1)N(C(=O)Nc1cc(OC[C@H]3COC(C)(C)O3)ccn1)[C@H]1CCCN2C1)C(F)(F)F. The van der Waals surface area contributed by atoms with Crippen molar-refractivity contribution < 1.29 is 37.0 Å². The maximum Gasteiger partial charge on any atom is 0.391 e. The van der Waals surface area contributed by atoms with Gasteiger partial charge in [-0.2, -0.15) is 13.2 Å². The third kappa shape index (κ3) is 6.12. The van der Waals surface area contributed by atoms with Gasteiger partial charge in [0.2, 0.25) is 5.78 Å². The number of pyridine rings is 1. The highest BCUT2D eigenvalue weighted by Crippen LogP contribution is 2.38. The number of amides is 2. The lowest BCUT2D eigenvalue weighted by atomic mass is 10.00. The lowest BCUT2D eigenvalue weighted by Crippen LogP contribution is -2.56. The molecule has 0 spiro atoms. The van der Waals surface area contributed by atoms with Crippen LogP contribution < -0.4 is 19.9 Å². The first-order valence-electron chi connectivity index (χ1n) is 13.1. The largest absolute Gasteiger partial charge is 0.491 e. The fourth-order valence-electron chi connectivity index (χ4n) is 4.98. The molecule has 3 aliphatic heterocycles. The second kappa shape index (κ2) is 10.8. The van der Waals surface area contributed by atoms with Gasteiger partial charge in [-0.05, 0) is 32.8 Å². The molecule has 2 aromatic heterocycles. The lowest BCUT2D eigenvalue weighted by Gasteiger charge is -2.45. The number of ketones is 1. The molecular formula is C26H31F3N6O5. The van der Waals surface area contributed by atoms with Crippen LogP contribution >= 0.6 is 0 Å². The average molecular weight is 565 g/mol. The predicted octanol–water partition coefficient (Wildman–Crippen LogP) is 4.19. The predicted molar refractivity (Wildman–Crippen MR) is 138 cm³/mol. The minimum atomic E-state index is -4.52. The Morgan fingerprint density at radius 3 is 2.83 bits per heavy atom. The summed E-state index contributed by atoms with van der Waals surface area (Å²) in [6, 6.07) is 2.44. The van der Waals surface area contributed by atoms with E-state index in [4.69, 9.17) is 14.2 Å². The Hall–Kier alpha value is -3.52. The van der Waals surface area contributed by atoms with Crippen molar-refractivity contribution in [3.05, 3.63) is 30.4 Å². The zero-order valence-corrected chi connectivity index (χ0v) is 22.4. The molecule has 2 bridgehead atoms. The van der Waals surface area contributed by atoms with Crippen LogP contribution in [0.15, 0.2) is 24.5 Å². The average Bonchev–Trinajstić information content (AvgIpc) is 3.25. The summed E-state index contributed by atoms with van der Waals surface area (Å²) < 4.78 is 56.2. The van der Waals surface area contributed by atoms with Crippen LogP contribution in [0.4, 0.5) is 35.3 Å². The van der Waals surface area contributed by atoms with E-state index in [1.807, 2.05) is 18.7 Å². The van der Waals surface area contributed by atoms with Crippen LogP contribution in [0.1, 0.15) is 50.7 Å². The van der Waals surface area contributed by atoms with Crippen molar-refractivity contribution in [2.45, 2.75) is 64.1 Å². The van der Waals surface area contributed by atoms with E-state index in [0.717, 1.165) is 13.3 Å². The third-order valence-electron chi connectivity index (χ3n) is 7.07. The molecular weight excluding hydrogens is 533 g/mol. The lowest BCUT2D eigenvalue weighted by molar-refractivity contribution is -0.168. The number of Topliss-reactive ketones (excluding diaryl/α,β-unsaturated/α-hetero) is 1. The Balaban J connectivity index is 1.33. The number of carbonyl (C=O) groups excluding carboxylic acids is 2. The summed E-state index contributed by atoms with van der Waals surface area (Å²) in [7, 11) is 0. The highest BCUT2D eigenvalue weighted by molar-refractivity contribution is 6.04. The van der Waals surface area contributed by atoms with Gasteiger partial charge in [-0.15, -0.1) is 0 Å². The molecule has 11 nitrogen and oxygen atoms in total. The molecule has 0 saturated carbocycles. The van der Waals surface area contributed by atoms with E-state index in [0.29, 0.717) is 37.6 Å². The van der Waals surface area contributed by atoms with Crippen molar-refractivity contribution in [1.29, 1.82) is 0 Å². The number of rotatable bonds is 7. The van der Waals surface area contributed by atoms with E-state index < -0.39 is 36.1 Å². The third-order valence-corrected chi connectivity index (χ3v) is 7.07. The number of fused-ring (bicyclic) bond motifs is 4. The summed E-state index contributed by atoms with van der Waals surface area (Å²) in [4.78, 5) is 42.2. The molecule has 2 aromatic rings. The summed E-state index contributed by atoms with van der Waals surface area (Å²) in [6.07, 6.45) is -1.13. The van der Waals surface area contributed by atoms with E-state index in [1.165, 1.54) is 17.3 Å². The van der Waals surface area contributed by atoms with Gasteiger partial charge in [0.25, 0.3) is 0 Å². The first-order valence-corrected chi connectivity index (χ1v) is 13.1. The molecule has 3 aliphatic rings. The Morgan fingerprint density at radius 1 is 1.30 bits per heavy atom. The van der Waals surface area contributed by atoms with Gasteiger partial charge in [0.1, 0.15) is 24.3 Å². The van der Waals surface area contributed by atoms with Gasteiger partial charge in [0.05, 0.1) is 30.5 Å². The van der Waals surface area contributed by atoms with Gasteiger partial charge in [-0.25, -0.2) is 19.7 Å². The smallest absolute Gasteiger partial charge is 0.391 e. The molecule has 0 unspecified atom stereocenters. The molecule has 5 rings (SSSR count). The van der Waals surface area contributed by atoms with Gasteiger partial charge >= 0.3 is 12.2 Å². The monoisotopic (exact) mass is 564 g/mol. The standard InChI is InChI=1S/C26H31F3N6O5/c1-15(26(27,28)29)9-20(36)22-31-11-19-23(33-22)35(16-5-4-8-34(19)12-16)24(37)32-21-10-17(6-7-30-21)38-13-18-14-39-25(2,3)40-18/h6-7,10-11,15-16,18H,4-5,8-9,12-14H2,1-3H3,(H,30,32,37)/t15-,16-,18-/m0/s1. The van der Waals surface area contributed by atoms with Crippen molar-refractivity contribution in [3.8, 4) is 5.75 Å². The molecule has 5 heterocycles. The van der Waals surface area contributed by atoms with E-state index in [-0.39, 0.29) is 36.2 Å². The number of urea groups is 1. The zero-order chi connectivity index (χ0) is 28.7. The summed E-state index contributed by atoms with van der Waals surface area (Å²) >= 11 is 0. The molecule has 0 radical (unpaired) electrons. The number of hydrogen-bond donors (Lipinski definition) is 1. The van der Waals surface area contributed by atoms with Crippen LogP contribution in [0.3, 0.4) is 0 Å². The maximum atomic E-state index is 13.6. The molecule has 2 amide bonds. The molecule has 40 heavy (non-hydrogen) atoms. The number of halogens is 3. The van der Waals surface area contributed by atoms with Crippen molar-refractivity contribution >= 4 is 29.1 Å². The number of hydrogen-bond acceptors (Lipinski definition) is 9. The minimum Gasteiger partial charge on any atom is -0.491 e. The van der Waals surface area contributed by atoms with Crippen molar-refractivity contribution in [2.24, 2.45) is 5.92 Å². The van der Waals surface area contributed by atoms with Crippen LogP contribution in [0, 0.1) is 5.92 Å². The first kappa shape index (κ1) is 28.0. The molecule has 0 aromatic carbocycles. The molecule has 216 valence electrons.